The van der Waals surface area contributed by atoms with Crippen molar-refractivity contribution < 1.29 is 9.90 Å². The third-order valence-corrected chi connectivity index (χ3v) is 6.02. The van der Waals surface area contributed by atoms with Crippen LogP contribution in [0.4, 0.5) is 0 Å². The van der Waals surface area contributed by atoms with Crippen LogP contribution in [0, 0.1) is 6.92 Å². The van der Waals surface area contributed by atoms with Crippen LogP contribution in [0.2, 0.25) is 0 Å². The van der Waals surface area contributed by atoms with Crippen molar-refractivity contribution in [2.75, 3.05) is 0 Å². The van der Waals surface area contributed by atoms with Gasteiger partial charge < -0.3 is 9.67 Å². The molecular formula is C25H19Br2N3O2. The van der Waals surface area contributed by atoms with Crippen molar-refractivity contribution in [3.05, 3.63) is 105 Å². The van der Waals surface area contributed by atoms with Gasteiger partial charge in [-0.2, -0.15) is 5.10 Å². The number of hydrazone groups is 1. The largest absolute Gasteiger partial charge is 0.506 e. The summed E-state index contributed by atoms with van der Waals surface area (Å²) in [7, 11) is 0. The lowest BCUT2D eigenvalue weighted by atomic mass is 10.1. The van der Waals surface area contributed by atoms with Crippen LogP contribution in [0.5, 0.6) is 5.75 Å². The SMILES string of the molecule is Cc1ccc(-c2ccccc2)n1-c1ccc(C(=O)N/N=C/c2cc(Br)cc(Br)c2O)cc1. The molecule has 3 aromatic carbocycles. The van der Waals surface area contributed by atoms with Gasteiger partial charge in [-0.1, -0.05) is 46.3 Å². The third-order valence-electron chi connectivity index (χ3n) is 4.96. The van der Waals surface area contributed by atoms with Crippen LogP contribution < -0.4 is 5.43 Å². The first-order chi connectivity index (χ1) is 15.4. The van der Waals surface area contributed by atoms with Crippen LogP contribution in [-0.2, 0) is 0 Å². The van der Waals surface area contributed by atoms with Crippen LogP contribution >= 0.6 is 31.9 Å². The first kappa shape index (κ1) is 22.0. The summed E-state index contributed by atoms with van der Waals surface area (Å²) < 4.78 is 3.47. The maximum absolute atomic E-state index is 12.5. The number of hydrogen-bond acceptors (Lipinski definition) is 3. The first-order valence-corrected chi connectivity index (χ1v) is 11.4. The van der Waals surface area contributed by atoms with Crippen molar-refractivity contribution in [2.24, 2.45) is 5.10 Å². The second-order valence-electron chi connectivity index (χ2n) is 7.13. The molecule has 0 fully saturated rings. The molecule has 0 saturated heterocycles. The number of rotatable bonds is 5. The Morgan fingerprint density at radius 3 is 2.44 bits per heavy atom. The number of carbonyl (C=O) groups excluding carboxylic acids is 1. The number of phenols is 1. The molecule has 1 aromatic heterocycles. The highest BCUT2D eigenvalue weighted by molar-refractivity contribution is 9.11. The monoisotopic (exact) mass is 551 g/mol. The molecule has 1 amide bonds. The lowest BCUT2D eigenvalue weighted by Gasteiger charge is -2.12. The van der Waals surface area contributed by atoms with Gasteiger partial charge in [-0.05, 0) is 76.9 Å². The molecule has 0 bridgehead atoms. The zero-order chi connectivity index (χ0) is 22.7. The lowest BCUT2D eigenvalue weighted by molar-refractivity contribution is 0.0955. The van der Waals surface area contributed by atoms with Gasteiger partial charge in [0.05, 0.1) is 16.4 Å². The van der Waals surface area contributed by atoms with Crippen molar-refractivity contribution in [1.29, 1.82) is 0 Å². The smallest absolute Gasteiger partial charge is 0.271 e. The number of hydrogen-bond donors (Lipinski definition) is 2. The molecule has 0 aliphatic heterocycles. The zero-order valence-electron chi connectivity index (χ0n) is 17.1. The van der Waals surface area contributed by atoms with Gasteiger partial charge >= 0.3 is 0 Å². The Kier molecular flexibility index (Phi) is 6.58. The Balaban J connectivity index is 1.52. The Labute approximate surface area is 202 Å². The highest BCUT2D eigenvalue weighted by atomic mass is 79.9. The molecule has 4 aromatic rings. The Bertz CT molecular complexity index is 1300. The van der Waals surface area contributed by atoms with E-state index in [9.17, 15) is 9.90 Å². The van der Waals surface area contributed by atoms with Crippen LogP contribution in [0.15, 0.2) is 92.9 Å². The van der Waals surface area contributed by atoms with Crippen molar-refractivity contribution in [3.8, 4) is 22.7 Å². The molecule has 0 aliphatic rings. The van der Waals surface area contributed by atoms with Gasteiger partial charge in [0.25, 0.3) is 5.91 Å². The quantitative estimate of drug-likeness (QED) is 0.221. The van der Waals surface area contributed by atoms with Crippen LogP contribution in [0.25, 0.3) is 16.9 Å². The van der Waals surface area contributed by atoms with E-state index in [0.29, 0.717) is 15.6 Å². The predicted molar refractivity (Wildman–Crippen MR) is 135 cm³/mol. The van der Waals surface area contributed by atoms with E-state index in [0.717, 1.165) is 27.1 Å². The Hall–Kier alpha value is -3.16. The average molecular weight is 553 g/mol. The van der Waals surface area contributed by atoms with Crippen molar-refractivity contribution in [3.63, 3.8) is 0 Å². The number of nitrogens with zero attached hydrogens (tertiary/aromatic N) is 2. The number of phenolic OH excluding ortho intramolecular Hbond substituents is 1. The topological polar surface area (TPSA) is 66.6 Å². The van der Waals surface area contributed by atoms with Gasteiger partial charge in [-0.15, -0.1) is 0 Å². The van der Waals surface area contributed by atoms with Crippen LogP contribution in [0.3, 0.4) is 0 Å². The van der Waals surface area contributed by atoms with Gasteiger partial charge in [-0.25, -0.2) is 5.43 Å². The van der Waals surface area contributed by atoms with Crippen molar-refractivity contribution >= 4 is 44.0 Å². The minimum absolute atomic E-state index is 0.0480. The van der Waals surface area contributed by atoms with E-state index in [4.69, 9.17) is 0 Å². The zero-order valence-corrected chi connectivity index (χ0v) is 20.3. The molecule has 0 unspecified atom stereocenters. The van der Waals surface area contributed by atoms with Crippen molar-refractivity contribution in [2.45, 2.75) is 6.92 Å². The lowest BCUT2D eigenvalue weighted by Crippen LogP contribution is -2.17. The number of carbonyl (C=O) groups is 1. The minimum atomic E-state index is -0.339. The molecular weight excluding hydrogens is 534 g/mol. The van der Waals surface area contributed by atoms with Crippen LogP contribution in [-0.4, -0.2) is 21.8 Å². The average Bonchev–Trinajstić information content (AvgIpc) is 3.19. The number of nitrogens with one attached hydrogen (secondary N) is 1. The number of aromatic nitrogens is 1. The fraction of sp³-hybridized carbons (Fsp3) is 0.0400. The molecule has 7 heteroatoms. The molecule has 1 heterocycles. The van der Waals surface area contributed by atoms with E-state index in [1.165, 1.54) is 6.21 Å². The number of amides is 1. The normalized spacial score (nSPS) is 11.1. The van der Waals surface area contributed by atoms with E-state index >= 15 is 0 Å². The maximum atomic E-state index is 12.5. The first-order valence-electron chi connectivity index (χ1n) is 9.79. The van der Waals surface area contributed by atoms with Gasteiger partial charge in [0.15, 0.2) is 0 Å². The fourth-order valence-electron chi connectivity index (χ4n) is 3.39. The molecule has 0 saturated carbocycles. The summed E-state index contributed by atoms with van der Waals surface area (Å²) >= 11 is 6.63. The van der Waals surface area contributed by atoms with E-state index in [1.54, 1.807) is 24.3 Å². The highest BCUT2D eigenvalue weighted by Crippen LogP contribution is 2.30. The highest BCUT2D eigenvalue weighted by Gasteiger charge is 2.11. The van der Waals surface area contributed by atoms with Gasteiger partial charge in [0.2, 0.25) is 0 Å². The summed E-state index contributed by atoms with van der Waals surface area (Å²) in [5, 5.41) is 14.0. The second kappa shape index (κ2) is 9.54. The minimum Gasteiger partial charge on any atom is -0.506 e. The molecule has 32 heavy (non-hydrogen) atoms. The van der Waals surface area contributed by atoms with E-state index < -0.39 is 0 Å². The summed E-state index contributed by atoms with van der Waals surface area (Å²) in [4.78, 5) is 12.5. The summed E-state index contributed by atoms with van der Waals surface area (Å²) in [6.45, 7) is 2.05. The molecule has 0 spiro atoms. The number of aryl methyl sites for hydroxylation is 1. The molecule has 2 N–H and O–H groups in total. The Morgan fingerprint density at radius 2 is 1.72 bits per heavy atom. The summed E-state index contributed by atoms with van der Waals surface area (Å²) in [6.07, 6.45) is 1.40. The molecule has 0 radical (unpaired) electrons. The Morgan fingerprint density at radius 1 is 1.00 bits per heavy atom. The summed E-state index contributed by atoms with van der Waals surface area (Å²) in [6, 6.07) is 25.1. The number of aromatic hydroxyl groups is 1. The summed E-state index contributed by atoms with van der Waals surface area (Å²) in [5.41, 5.74) is 7.73. The number of benzene rings is 3. The number of halogens is 2. The predicted octanol–water partition coefficient (Wildman–Crippen LogP) is 6.45. The molecule has 4 rings (SSSR count). The van der Waals surface area contributed by atoms with Gasteiger partial charge in [-0.3, -0.25) is 4.79 Å². The molecule has 0 atom stereocenters. The van der Waals surface area contributed by atoms with Crippen LogP contribution in [0.1, 0.15) is 21.6 Å². The fourth-order valence-corrected chi connectivity index (χ4v) is 4.65. The second-order valence-corrected chi connectivity index (χ2v) is 8.90. The summed E-state index contributed by atoms with van der Waals surface area (Å²) in [5.74, 6) is -0.291. The van der Waals surface area contributed by atoms with Gasteiger partial charge in [0.1, 0.15) is 5.75 Å². The standard InChI is InChI=1S/C25H19Br2N3O2/c1-16-7-12-23(17-5-3-2-4-6-17)30(16)21-10-8-18(9-11-21)25(32)29-28-15-19-13-20(26)14-22(27)24(19)31/h2-15,31H,1H3,(H,29,32)/b28-15+. The van der Waals surface area contributed by atoms with E-state index in [2.05, 4.69) is 78.1 Å². The van der Waals surface area contributed by atoms with Crippen molar-refractivity contribution in [1.82, 2.24) is 9.99 Å². The molecule has 5 nitrogen and oxygen atoms in total. The molecule has 160 valence electrons. The van der Waals surface area contributed by atoms with Gasteiger partial charge in [0, 0.05) is 27.0 Å². The van der Waals surface area contributed by atoms with E-state index in [1.807, 2.05) is 30.3 Å². The van der Waals surface area contributed by atoms with E-state index in [-0.39, 0.29) is 11.7 Å². The molecule has 0 aliphatic carbocycles. The maximum Gasteiger partial charge on any atom is 0.271 e. The third kappa shape index (κ3) is 4.69.